The number of rotatable bonds is 10. The third-order valence-electron chi connectivity index (χ3n) is 6.40. The van der Waals surface area contributed by atoms with Crippen molar-refractivity contribution in [1.29, 1.82) is 0 Å². The van der Waals surface area contributed by atoms with Crippen molar-refractivity contribution < 1.29 is 47.6 Å². The molecule has 0 bridgehead atoms. The van der Waals surface area contributed by atoms with Crippen LogP contribution in [0.4, 0.5) is 0 Å². The Balaban J connectivity index is 2.08. The minimum absolute atomic E-state index is 0.000449. The quantitative estimate of drug-likeness (QED) is 0.305. The van der Waals surface area contributed by atoms with Crippen molar-refractivity contribution in [2.24, 2.45) is 0 Å². The molecular formula is C29H38N2O10. The minimum atomic E-state index is -1.37. The predicted octanol–water partition coefficient (Wildman–Crippen LogP) is 3.13. The first-order chi connectivity index (χ1) is 19.3. The molecule has 3 rings (SSSR count). The van der Waals surface area contributed by atoms with Crippen LogP contribution in [0.25, 0.3) is 0 Å². The van der Waals surface area contributed by atoms with E-state index in [1.165, 1.54) is 13.8 Å². The number of nitrogens with zero attached hydrogens (tertiary/aromatic N) is 2. The zero-order valence-electron chi connectivity index (χ0n) is 24.7. The normalized spacial score (nSPS) is 22.1. The number of ether oxygens (including phenoxy) is 6. The van der Waals surface area contributed by atoms with Gasteiger partial charge in [0.05, 0.1) is 0 Å². The van der Waals surface area contributed by atoms with Crippen LogP contribution in [0.2, 0.25) is 0 Å². The van der Waals surface area contributed by atoms with E-state index in [1.54, 1.807) is 0 Å². The first kappa shape index (κ1) is 31.6. The van der Waals surface area contributed by atoms with Gasteiger partial charge in [-0.1, -0.05) is 29.8 Å². The van der Waals surface area contributed by atoms with E-state index in [9.17, 15) is 19.2 Å². The van der Waals surface area contributed by atoms with Gasteiger partial charge in [-0.25, -0.2) is 0 Å². The van der Waals surface area contributed by atoms with E-state index in [-0.39, 0.29) is 18.5 Å². The number of aromatic nitrogens is 2. The first-order valence-corrected chi connectivity index (χ1v) is 13.4. The molecule has 0 N–H and O–H groups in total. The average molecular weight is 575 g/mol. The Hall–Kier alpha value is -3.93. The number of carbonyl (C=O) groups excluding carboxylic acids is 4. The van der Waals surface area contributed by atoms with E-state index in [0.29, 0.717) is 6.42 Å². The van der Waals surface area contributed by atoms with Gasteiger partial charge >= 0.3 is 23.9 Å². The fourth-order valence-corrected chi connectivity index (χ4v) is 4.63. The molecular weight excluding hydrogens is 536 g/mol. The van der Waals surface area contributed by atoms with E-state index >= 15 is 0 Å². The van der Waals surface area contributed by atoms with Crippen molar-refractivity contribution in [1.82, 2.24) is 9.78 Å². The number of benzene rings is 1. The molecule has 12 nitrogen and oxygen atoms in total. The van der Waals surface area contributed by atoms with Crippen LogP contribution >= 0.6 is 0 Å². The molecule has 0 radical (unpaired) electrons. The second-order valence-corrected chi connectivity index (χ2v) is 10.3. The van der Waals surface area contributed by atoms with Crippen molar-refractivity contribution in [2.75, 3.05) is 6.61 Å². The lowest BCUT2D eigenvalue weighted by Crippen LogP contribution is -2.63. The third-order valence-corrected chi connectivity index (χ3v) is 6.40. The standard InChI is InChI=1S/C29H38N2O10/c1-15(2)31-17(4)23(13-22-11-9-16(3)10-12-22)28(30-31)41-29-27(39-21(8)35)26(38-20(7)34)25(37-19(6)33)24(40-29)14-36-18(5)32/h9-12,15,24-27,29H,13-14H2,1-8H3/t24-,25-,26+,27-,29+/m1/s1. The Morgan fingerprint density at radius 2 is 1.41 bits per heavy atom. The fraction of sp³-hybridized carbons (Fsp3) is 0.552. The Morgan fingerprint density at radius 3 is 1.95 bits per heavy atom. The molecule has 2 heterocycles. The molecule has 1 aliphatic heterocycles. The largest absolute Gasteiger partial charge is 0.463 e. The van der Waals surface area contributed by atoms with E-state index in [2.05, 4.69) is 5.10 Å². The molecule has 0 saturated carbocycles. The summed E-state index contributed by atoms with van der Waals surface area (Å²) in [6.07, 6.45) is -5.99. The highest BCUT2D eigenvalue weighted by atomic mass is 16.7. The second-order valence-electron chi connectivity index (χ2n) is 10.3. The van der Waals surface area contributed by atoms with Gasteiger partial charge in [0.2, 0.25) is 18.3 Å². The van der Waals surface area contributed by atoms with Gasteiger partial charge in [0.25, 0.3) is 0 Å². The van der Waals surface area contributed by atoms with Crippen LogP contribution < -0.4 is 4.74 Å². The highest BCUT2D eigenvalue weighted by molar-refractivity contribution is 5.68. The van der Waals surface area contributed by atoms with Gasteiger partial charge in [-0.3, -0.25) is 23.9 Å². The predicted molar refractivity (Wildman–Crippen MR) is 144 cm³/mol. The van der Waals surface area contributed by atoms with Crippen molar-refractivity contribution in [3.05, 3.63) is 46.6 Å². The van der Waals surface area contributed by atoms with Gasteiger partial charge in [-0.05, 0) is 33.3 Å². The summed E-state index contributed by atoms with van der Waals surface area (Å²) < 4.78 is 35.8. The highest BCUT2D eigenvalue weighted by Gasteiger charge is 2.53. The lowest BCUT2D eigenvalue weighted by molar-refractivity contribution is -0.289. The van der Waals surface area contributed by atoms with Crippen LogP contribution in [0.1, 0.15) is 70.0 Å². The number of hydrogen-bond donors (Lipinski definition) is 0. The molecule has 1 aromatic carbocycles. The summed E-state index contributed by atoms with van der Waals surface area (Å²) in [7, 11) is 0. The SMILES string of the molecule is CC(=O)OC[C@H]1O[C@@H](Oc2nn(C(C)C)c(C)c2Cc2ccc(C)cc2)[C@H](OC(C)=O)[C@@H](OC(C)=O)[C@@H]1OC(C)=O. The van der Waals surface area contributed by atoms with Crippen LogP contribution in [0.15, 0.2) is 24.3 Å². The summed E-state index contributed by atoms with van der Waals surface area (Å²) in [6, 6.07) is 8.05. The lowest BCUT2D eigenvalue weighted by atomic mass is 9.98. The van der Waals surface area contributed by atoms with E-state index in [0.717, 1.165) is 36.2 Å². The number of esters is 4. The maximum Gasteiger partial charge on any atom is 0.303 e. The lowest BCUT2D eigenvalue weighted by Gasteiger charge is -2.43. The van der Waals surface area contributed by atoms with Crippen molar-refractivity contribution in [3.8, 4) is 5.88 Å². The van der Waals surface area contributed by atoms with E-state index < -0.39 is 54.6 Å². The van der Waals surface area contributed by atoms with Crippen LogP contribution in [0.5, 0.6) is 5.88 Å². The summed E-state index contributed by atoms with van der Waals surface area (Å²) in [4.78, 5) is 47.9. The molecule has 1 saturated heterocycles. The maximum absolute atomic E-state index is 12.2. The molecule has 0 spiro atoms. The molecule has 1 aliphatic rings. The second kappa shape index (κ2) is 13.6. The number of aryl methyl sites for hydroxylation is 1. The molecule has 5 atom stereocenters. The zero-order valence-corrected chi connectivity index (χ0v) is 24.7. The van der Waals surface area contributed by atoms with Crippen LogP contribution in [0, 0.1) is 13.8 Å². The fourth-order valence-electron chi connectivity index (χ4n) is 4.63. The molecule has 224 valence electrons. The van der Waals surface area contributed by atoms with Crippen molar-refractivity contribution in [3.63, 3.8) is 0 Å². The Morgan fingerprint density at radius 1 is 0.854 bits per heavy atom. The van der Waals surface area contributed by atoms with Crippen LogP contribution in [0.3, 0.4) is 0 Å². The Kier molecular flexibility index (Phi) is 10.5. The molecule has 41 heavy (non-hydrogen) atoms. The smallest absolute Gasteiger partial charge is 0.303 e. The maximum atomic E-state index is 12.2. The molecule has 2 aromatic rings. The van der Waals surface area contributed by atoms with Gasteiger partial charge in [0.15, 0.2) is 12.2 Å². The average Bonchev–Trinajstić information content (AvgIpc) is 3.17. The van der Waals surface area contributed by atoms with Crippen LogP contribution in [-0.4, -0.2) is 71.0 Å². The van der Waals surface area contributed by atoms with Crippen molar-refractivity contribution in [2.45, 2.75) is 98.6 Å². The summed E-state index contributed by atoms with van der Waals surface area (Å²) >= 11 is 0. The van der Waals surface area contributed by atoms with Gasteiger partial charge in [-0.2, -0.15) is 0 Å². The molecule has 0 amide bonds. The summed E-state index contributed by atoms with van der Waals surface area (Å²) in [5.41, 5.74) is 3.78. The number of hydrogen-bond acceptors (Lipinski definition) is 11. The Bertz CT molecular complexity index is 1250. The molecule has 12 heteroatoms. The Labute approximate surface area is 239 Å². The van der Waals surface area contributed by atoms with Gasteiger partial charge in [-0.15, -0.1) is 5.10 Å². The minimum Gasteiger partial charge on any atom is -0.463 e. The van der Waals surface area contributed by atoms with Crippen LogP contribution in [-0.2, 0) is 49.3 Å². The highest BCUT2D eigenvalue weighted by Crippen LogP contribution is 2.33. The molecule has 0 aliphatic carbocycles. The van der Waals surface area contributed by atoms with Gasteiger partial charge in [0, 0.05) is 51.4 Å². The summed E-state index contributed by atoms with van der Waals surface area (Å²) in [6.45, 7) is 12.2. The molecule has 1 aromatic heterocycles. The summed E-state index contributed by atoms with van der Waals surface area (Å²) in [5.74, 6) is -2.54. The summed E-state index contributed by atoms with van der Waals surface area (Å²) in [5, 5.41) is 4.68. The van der Waals surface area contributed by atoms with Crippen molar-refractivity contribution >= 4 is 23.9 Å². The van der Waals surface area contributed by atoms with Gasteiger partial charge < -0.3 is 28.4 Å². The molecule has 0 unspecified atom stereocenters. The molecule has 1 fully saturated rings. The first-order valence-electron chi connectivity index (χ1n) is 13.4. The number of carbonyl (C=O) groups is 4. The van der Waals surface area contributed by atoms with Gasteiger partial charge in [0.1, 0.15) is 12.7 Å². The monoisotopic (exact) mass is 574 g/mol. The third kappa shape index (κ3) is 8.29. The zero-order chi connectivity index (χ0) is 30.4. The topological polar surface area (TPSA) is 141 Å². The van der Waals surface area contributed by atoms with E-state index in [4.69, 9.17) is 28.4 Å². The van der Waals surface area contributed by atoms with E-state index in [1.807, 2.05) is 56.6 Å².